The summed E-state index contributed by atoms with van der Waals surface area (Å²) >= 11 is 0. The highest BCUT2D eigenvalue weighted by molar-refractivity contribution is 5.93. The summed E-state index contributed by atoms with van der Waals surface area (Å²) in [7, 11) is 0. The van der Waals surface area contributed by atoms with E-state index in [9.17, 15) is 18.0 Å². The minimum Gasteiger partial charge on any atom is -0.444 e. The van der Waals surface area contributed by atoms with Crippen LogP contribution in [0, 0.1) is 0 Å². The van der Waals surface area contributed by atoms with Crippen molar-refractivity contribution in [2.24, 2.45) is 0 Å². The number of carbonyl (C=O) groups is 1. The number of rotatable bonds is 3. The minimum absolute atomic E-state index is 0.0116. The molecule has 4 rings (SSSR count). The molecule has 1 aliphatic rings. The second-order valence-corrected chi connectivity index (χ2v) is 6.56. The Labute approximate surface area is 158 Å². The number of oxazole rings is 1. The molecule has 1 atom stereocenters. The molecule has 1 amide bonds. The van der Waals surface area contributed by atoms with Gasteiger partial charge in [-0.15, -0.1) is 0 Å². The van der Waals surface area contributed by atoms with E-state index in [1.807, 2.05) is 0 Å². The number of hydrogen-bond acceptors (Lipinski definition) is 4. The summed E-state index contributed by atoms with van der Waals surface area (Å²) in [6.07, 6.45) is -0.418. The summed E-state index contributed by atoms with van der Waals surface area (Å²) in [5, 5.41) is 0. The Kier molecular flexibility index (Phi) is 4.41. The first kappa shape index (κ1) is 18.2. The topological polar surface area (TPSA) is 59.2 Å². The van der Waals surface area contributed by atoms with Crippen LogP contribution >= 0.6 is 0 Å². The first-order valence-corrected chi connectivity index (χ1v) is 8.73. The maximum atomic E-state index is 14.3. The molecule has 3 heterocycles. The highest BCUT2D eigenvalue weighted by Crippen LogP contribution is 2.51. The largest absolute Gasteiger partial charge is 0.444 e. The van der Waals surface area contributed by atoms with Gasteiger partial charge < -0.3 is 9.32 Å². The van der Waals surface area contributed by atoms with Crippen molar-refractivity contribution in [3.63, 3.8) is 0 Å². The molecule has 8 heteroatoms. The lowest BCUT2D eigenvalue weighted by molar-refractivity contribution is -0.220. The second-order valence-electron chi connectivity index (χ2n) is 6.56. The van der Waals surface area contributed by atoms with Gasteiger partial charge in [-0.2, -0.15) is 13.2 Å². The van der Waals surface area contributed by atoms with E-state index in [2.05, 4.69) is 9.97 Å². The van der Waals surface area contributed by atoms with Crippen molar-refractivity contribution in [2.45, 2.75) is 24.6 Å². The van der Waals surface area contributed by atoms with Gasteiger partial charge in [0.15, 0.2) is 11.2 Å². The third-order valence-electron chi connectivity index (χ3n) is 4.98. The van der Waals surface area contributed by atoms with Crippen LogP contribution in [-0.4, -0.2) is 33.5 Å². The molecule has 144 valence electrons. The lowest BCUT2D eigenvalue weighted by Gasteiger charge is -2.40. The highest BCUT2D eigenvalue weighted by atomic mass is 19.4. The van der Waals surface area contributed by atoms with E-state index >= 15 is 0 Å². The van der Waals surface area contributed by atoms with E-state index in [0.29, 0.717) is 5.56 Å². The number of aromatic nitrogens is 2. The van der Waals surface area contributed by atoms with Gasteiger partial charge in [0, 0.05) is 18.9 Å². The fourth-order valence-corrected chi connectivity index (χ4v) is 3.70. The monoisotopic (exact) mass is 387 g/mol. The fourth-order valence-electron chi connectivity index (χ4n) is 3.70. The molecule has 0 radical (unpaired) electrons. The summed E-state index contributed by atoms with van der Waals surface area (Å²) in [6, 6.07) is 10.9. The lowest BCUT2D eigenvalue weighted by Crippen LogP contribution is -2.54. The quantitative estimate of drug-likeness (QED) is 0.667. The van der Waals surface area contributed by atoms with E-state index in [-0.39, 0.29) is 36.5 Å². The summed E-state index contributed by atoms with van der Waals surface area (Å²) in [5.41, 5.74) is -1.96. The number of halogens is 3. The summed E-state index contributed by atoms with van der Waals surface area (Å²) in [6.45, 7) is -0.0116. The van der Waals surface area contributed by atoms with Crippen LogP contribution in [0.1, 0.15) is 28.9 Å². The SMILES string of the molecule is O=C(c1coc(-c2cccnc2)n1)N1CCCC1(c1ccccc1)C(F)(F)F. The molecule has 0 N–H and O–H groups in total. The van der Waals surface area contributed by atoms with Gasteiger partial charge in [-0.25, -0.2) is 4.98 Å². The van der Waals surface area contributed by atoms with Crippen LogP contribution in [-0.2, 0) is 5.54 Å². The number of likely N-dealkylation sites (tertiary alicyclic amines) is 1. The van der Waals surface area contributed by atoms with Crippen molar-refractivity contribution in [1.29, 1.82) is 0 Å². The molecule has 0 bridgehead atoms. The normalized spacial score (nSPS) is 19.8. The van der Waals surface area contributed by atoms with Crippen LogP contribution in [0.15, 0.2) is 65.5 Å². The molecule has 2 aromatic heterocycles. The van der Waals surface area contributed by atoms with E-state index in [1.54, 1.807) is 36.5 Å². The van der Waals surface area contributed by atoms with Crippen molar-refractivity contribution in [1.82, 2.24) is 14.9 Å². The van der Waals surface area contributed by atoms with E-state index in [4.69, 9.17) is 4.42 Å². The van der Waals surface area contributed by atoms with Crippen molar-refractivity contribution in [3.05, 3.63) is 72.4 Å². The molecular formula is C20H16F3N3O2. The molecule has 1 fully saturated rings. The number of pyridine rings is 1. The number of hydrogen-bond donors (Lipinski definition) is 0. The molecule has 1 unspecified atom stereocenters. The van der Waals surface area contributed by atoms with Gasteiger partial charge in [-0.3, -0.25) is 9.78 Å². The molecule has 5 nitrogen and oxygen atoms in total. The van der Waals surface area contributed by atoms with Crippen LogP contribution in [0.3, 0.4) is 0 Å². The predicted molar refractivity (Wildman–Crippen MR) is 94.2 cm³/mol. The standard InChI is InChI=1S/C20H16F3N3O2/c21-20(22,23)19(15-7-2-1-3-8-15)9-5-11-26(19)18(27)16-13-28-17(25-16)14-6-4-10-24-12-14/h1-4,6-8,10,12-13H,5,9,11H2. The van der Waals surface area contributed by atoms with Gasteiger partial charge in [0.2, 0.25) is 5.89 Å². The Bertz CT molecular complexity index is 973. The molecular weight excluding hydrogens is 371 g/mol. The summed E-state index contributed by atoms with van der Waals surface area (Å²) < 4.78 is 48.1. The number of carbonyl (C=O) groups excluding carboxylic acids is 1. The molecule has 28 heavy (non-hydrogen) atoms. The molecule has 1 aliphatic heterocycles. The van der Waals surface area contributed by atoms with Crippen LogP contribution in [0.2, 0.25) is 0 Å². The summed E-state index contributed by atoms with van der Waals surface area (Å²) in [5.74, 6) is -0.675. The first-order chi connectivity index (χ1) is 13.4. The van der Waals surface area contributed by atoms with Crippen molar-refractivity contribution in [3.8, 4) is 11.5 Å². The predicted octanol–water partition coefficient (Wildman–Crippen LogP) is 4.43. The number of benzene rings is 1. The zero-order valence-electron chi connectivity index (χ0n) is 14.7. The molecule has 3 aromatic rings. The van der Waals surface area contributed by atoms with Gasteiger partial charge in [-0.1, -0.05) is 30.3 Å². The second kappa shape index (κ2) is 6.78. The maximum Gasteiger partial charge on any atom is 0.415 e. The number of amides is 1. The Morgan fingerprint density at radius 1 is 1.14 bits per heavy atom. The van der Waals surface area contributed by atoms with E-state index in [0.717, 1.165) is 11.2 Å². The van der Waals surface area contributed by atoms with Gasteiger partial charge in [0.1, 0.15) is 6.26 Å². The Morgan fingerprint density at radius 3 is 2.61 bits per heavy atom. The number of nitrogens with zero attached hydrogens (tertiary/aromatic N) is 3. The number of alkyl halides is 3. The zero-order chi connectivity index (χ0) is 19.8. The van der Waals surface area contributed by atoms with Gasteiger partial charge in [0.25, 0.3) is 5.91 Å². The Hall–Kier alpha value is -3.16. The van der Waals surface area contributed by atoms with Crippen molar-refractivity contribution < 1.29 is 22.4 Å². The van der Waals surface area contributed by atoms with Gasteiger partial charge in [0.05, 0.1) is 5.56 Å². The fraction of sp³-hybridized carbons (Fsp3) is 0.250. The molecule has 0 saturated carbocycles. The summed E-state index contributed by atoms with van der Waals surface area (Å²) in [4.78, 5) is 21.9. The lowest BCUT2D eigenvalue weighted by atomic mass is 9.86. The van der Waals surface area contributed by atoms with E-state index < -0.39 is 17.6 Å². The average molecular weight is 387 g/mol. The van der Waals surface area contributed by atoms with Crippen LogP contribution in [0.5, 0.6) is 0 Å². The van der Waals surface area contributed by atoms with E-state index in [1.165, 1.54) is 18.3 Å². The molecule has 0 spiro atoms. The smallest absolute Gasteiger partial charge is 0.415 e. The minimum atomic E-state index is -4.63. The Morgan fingerprint density at radius 2 is 1.93 bits per heavy atom. The van der Waals surface area contributed by atoms with Gasteiger partial charge >= 0.3 is 6.18 Å². The zero-order valence-corrected chi connectivity index (χ0v) is 14.7. The van der Waals surface area contributed by atoms with Gasteiger partial charge in [-0.05, 0) is 30.5 Å². The van der Waals surface area contributed by atoms with Crippen molar-refractivity contribution >= 4 is 5.91 Å². The molecule has 1 saturated heterocycles. The average Bonchev–Trinajstić information content (AvgIpc) is 3.37. The van der Waals surface area contributed by atoms with Crippen molar-refractivity contribution in [2.75, 3.05) is 6.54 Å². The first-order valence-electron chi connectivity index (χ1n) is 8.73. The third-order valence-corrected chi connectivity index (χ3v) is 4.98. The maximum absolute atomic E-state index is 14.3. The van der Waals surface area contributed by atoms with Crippen LogP contribution < -0.4 is 0 Å². The molecule has 1 aromatic carbocycles. The van der Waals surface area contributed by atoms with Crippen LogP contribution in [0.25, 0.3) is 11.5 Å². The Balaban J connectivity index is 1.73. The third kappa shape index (κ3) is 2.85. The highest BCUT2D eigenvalue weighted by Gasteiger charge is 2.63. The molecule has 0 aliphatic carbocycles. The van der Waals surface area contributed by atoms with Crippen LogP contribution in [0.4, 0.5) is 13.2 Å².